The summed E-state index contributed by atoms with van der Waals surface area (Å²) >= 11 is 3.25. The minimum atomic E-state index is -1.07. The fraction of sp³-hybridized carbons (Fsp3) is 0.0667. The van der Waals surface area contributed by atoms with E-state index in [1.54, 1.807) is 6.07 Å². The Bertz CT molecular complexity index is 740. The van der Waals surface area contributed by atoms with Gasteiger partial charge < -0.3 is 9.84 Å². The Morgan fingerprint density at radius 1 is 1.33 bits per heavy atom. The third kappa shape index (κ3) is 3.58. The van der Waals surface area contributed by atoms with Gasteiger partial charge in [-0.3, -0.25) is 0 Å². The minimum absolute atomic E-state index is 0.0394. The number of nitrogens with zero attached hydrogens (tertiary/aromatic N) is 1. The lowest BCUT2D eigenvalue weighted by molar-refractivity contribution is 0.0696. The number of carboxylic acid groups (broad SMARTS) is 1. The second kappa shape index (κ2) is 6.37. The third-order valence-corrected chi connectivity index (χ3v) is 3.40. The second-order valence-corrected chi connectivity index (χ2v) is 5.01. The molecule has 6 heteroatoms. The maximum Gasteiger partial charge on any atom is 0.335 e. The molecule has 0 fully saturated rings. The van der Waals surface area contributed by atoms with E-state index in [1.807, 2.05) is 6.07 Å². The highest BCUT2D eigenvalue weighted by atomic mass is 79.9. The van der Waals surface area contributed by atoms with Gasteiger partial charge in [0.2, 0.25) is 0 Å². The molecular formula is C15H9BrFNO3. The SMILES string of the molecule is N#Cc1ccc(F)cc1COc1cc(C(=O)O)ccc1Br. The van der Waals surface area contributed by atoms with Crippen LogP contribution in [-0.4, -0.2) is 11.1 Å². The van der Waals surface area contributed by atoms with E-state index in [-0.39, 0.29) is 12.2 Å². The van der Waals surface area contributed by atoms with Gasteiger partial charge in [0.15, 0.2) is 0 Å². The highest BCUT2D eigenvalue weighted by Gasteiger charge is 2.10. The molecule has 0 aliphatic rings. The molecule has 0 saturated heterocycles. The first kappa shape index (κ1) is 15.0. The van der Waals surface area contributed by atoms with E-state index in [0.29, 0.717) is 21.3 Å². The van der Waals surface area contributed by atoms with Gasteiger partial charge in [0.05, 0.1) is 21.7 Å². The first-order valence-electron chi connectivity index (χ1n) is 5.85. The van der Waals surface area contributed by atoms with Gasteiger partial charge in [-0.15, -0.1) is 0 Å². The summed E-state index contributed by atoms with van der Waals surface area (Å²) in [6, 6.07) is 10.1. The van der Waals surface area contributed by atoms with Gasteiger partial charge in [-0.05, 0) is 52.3 Å². The summed E-state index contributed by atoms with van der Waals surface area (Å²) in [5, 5.41) is 17.9. The molecular weight excluding hydrogens is 341 g/mol. The molecule has 0 aromatic heterocycles. The van der Waals surface area contributed by atoms with Gasteiger partial charge in [0.1, 0.15) is 18.2 Å². The molecule has 1 N–H and O–H groups in total. The monoisotopic (exact) mass is 349 g/mol. The largest absolute Gasteiger partial charge is 0.488 e. The van der Waals surface area contributed by atoms with E-state index in [1.165, 1.54) is 30.3 Å². The number of hydrogen-bond donors (Lipinski definition) is 1. The van der Waals surface area contributed by atoms with Crippen molar-refractivity contribution in [3.05, 3.63) is 63.4 Å². The molecule has 2 aromatic rings. The highest BCUT2D eigenvalue weighted by molar-refractivity contribution is 9.10. The van der Waals surface area contributed by atoms with Crippen LogP contribution in [0.2, 0.25) is 0 Å². The molecule has 0 aliphatic carbocycles. The van der Waals surface area contributed by atoms with Crippen molar-refractivity contribution < 1.29 is 19.0 Å². The molecule has 2 aromatic carbocycles. The predicted octanol–water partition coefficient (Wildman–Crippen LogP) is 3.74. The van der Waals surface area contributed by atoms with Crippen molar-refractivity contribution in [3.63, 3.8) is 0 Å². The smallest absolute Gasteiger partial charge is 0.335 e. The number of nitriles is 1. The van der Waals surface area contributed by atoms with Crippen molar-refractivity contribution in [1.82, 2.24) is 0 Å². The highest BCUT2D eigenvalue weighted by Crippen LogP contribution is 2.27. The lowest BCUT2D eigenvalue weighted by Crippen LogP contribution is -2.02. The van der Waals surface area contributed by atoms with Crippen LogP contribution in [0.5, 0.6) is 5.75 Å². The Morgan fingerprint density at radius 2 is 2.10 bits per heavy atom. The third-order valence-electron chi connectivity index (χ3n) is 2.75. The van der Waals surface area contributed by atoms with Gasteiger partial charge in [-0.1, -0.05) is 0 Å². The summed E-state index contributed by atoms with van der Waals surface area (Å²) in [5.74, 6) is -1.23. The van der Waals surface area contributed by atoms with Crippen molar-refractivity contribution in [2.24, 2.45) is 0 Å². The van der Waals surface area contributed by atoms with Crippen LogP contribution >= 0.6 is 15.9 Å². The first-order valence-corrected chi connectivity index (χ1v) is 6.64. The van der Waals surface area contributed by atoms with Crippen LogP contribution in [0.1, 0.15) is 21.5 Å². The van der Waals surface area contributed by atoms with Crippen molar-refractivity contribution in [1.29, 1.82) is 5.26 Å². The number of hydrogen-bond acceptors (Lipinski definition) is 3. The summed E-state index contributed by atoms with van der Waals surface area (Å²) < 4.78 is 19.3. The molecule has 0 unspecified atom stereocenters. The fourth-order valence-electron chi connectivity index (χ4n) is 1.69. The van der Waals surface area contributed by atoms with E-state index in [2.05, 4.69) is 15.9 Å². The zero-order valence-electron chi connectivity index (χ0n) is 10.6. The van der Waals surface area contributed by atoms with Crippen molar-refractivity contribution >= 4 is 21.9 Å². The number of ether oxygens (including phenoxy) is 1. The van der Waals surface area contributed by atoms with E-state index in [4.69, 9.17) is 15.1 Å². The molecule has 2 rings (SSSR count). The van der Waals surface area contributed by atoms with Crippen LogP contribution in [0, 0.1) is 17.1 Å². The Labute approximate surface area is 128 Å². The molecule has 0 saturated carbocycles. The Balaban J connectivity index is 2.24. The Morgan fingerprint density at radius 3 is 2.76 bits per heavy atom. The van der Waals surface area contributed by atoms with Crippen LogP contribution in [-0.2, 0) is 6.61 Å². The van der Waals surface area contributed by atoms with Crippen molar-refractivity contribution in [2.45, 2.75) is 6.61 Å². The first-order chi connectivity index (χ1) is 10.0. The normalized spacial score (nSPS) is 9.95. The quantitative estimate of drug-likeness (QED) is 0.912. The van der Waals surface area contributed by atoms with Gasteiger partial charge in [-0.2, -0.15) is 5.26 Å². The fourth-order valence-corrected chi connectivity index (χ4v) is 2.05. The summed E-state index contributed by atoms with van der Waals surface area (Å²) in [6.07, 6.45) is 0. The molecule has 0 heterocycles. The number of carboxylic acids is 1. The van der Waals surface area contributed by atoms with E-state index in [9.17, 15) is 9.18 Å². The van der Waals surface area contributed by atoms with Crippen LogP contribution in [0.25, 0.3) is 0 Å². The Hall–Kier alpha value is -2.39. The average molecular weight is 350 g/mol. The maximum atomic E-state index is 13.2. The molecule has 0 spiro atoms. The number of halogens is 2. The predicted molar refractivity (Wildman–Crippen MR) is 76.5 cm³/mol. The van der Waals surface area contributed by atoms with Crippen LogP contribution in [0.15, 0.2) is 40.9 Å². The number of carbonyl (C=O) groups is 1. The average Bonchev–Trinajstić information content (AvgIpc) is 2.46. The molecule has 21 heavy (non-hydrogen) atoms. The maximum absolute atomic E-state index is 13.2. The van der Waals surface area contributed by atoms with Gasteiger partial charge >= 0.3 is 5.97 Å². The van der Waals surface area contributed by atoms with Crippen molar-refractivity contribution in [2.75, 3.05) is 0 Å². The van der Waals surface area contributed by atoms with Crippen LogP contribution in [0.3, 0.4) is 0 Å². The summed E-state index contributed by atoms with van der Waals surface area (Å²) in [6.45, 7) is -0.0394. The zero-order valence-corrected chi connectivity index (χ0v) is 12.2. The standard InChI is InChI=1S/C15H9BrFNO3/c16-13-4-2-9(15(19)20)6-14(13)21-8-11-5-12(17)3-1-10(11)7-18/h1-6H,8H2,(H,19,20). The molecule has 0 aliphatic heterocycles. The van der Waals surface area contributed by atoms with Crippen LogP contribution in [0.4, 0.5) is 4.39 Å². The van der Waals surface area contributed by atoms with E-state index in [0.717, 1.165) is 0 Å². The molecule has 0 bridgehead atoms. The van der Waals surface area contributed by atoms with Crippen molar-refractivity contribution in [3.8, 4) is 11.8 Å². The number of rotatable bonds is 4. The lowest BCUT2D eigenvalue weighted by Gasteiger charge is -2.10. The molecule has 0 amide bonds. The summed E-state index contributed by atoms with van der Waals surface area (Å²) in [5.41, 5.74) is 0.778. The van der Waals surface area contributed by atoms with E-state index >= 15 is 0 Å². The zero-order chi connectivity index (χ0) is 15.4. The summed E-state index contributed by atoms with van der Waals surface area (Å²) in [7, 11) is 0. The van der Waals surface area contributed by atoms with Gasteiger partial charge in [0, 0.05) is 5.56 Å². The van der Waals surface area contributed by atoms with Crippen LogP contribution < -0.4 is 4.74 Å². The van der Waals surface area contributed by atoms with Gasteiger partial charge in [0.25, 0.3) is 0 Å². The van der Waals surface area contributed by atoms with Gasteiger partial charge in [-0.25, -0.2) is 9.18 Å². The molecule has 0 atom stereocenters. The number of benzene rings is 2. The molecule has 4 nitrogen and oxygen atoms in total. The molecule has 0 radical (unpaired) electrons. The Kier molecular flexibility index (Phi) is 4.55. The molecule has 106 valence electrons. The number of aromatic carboxylic acids is 1. The second-order valence-electron chi connectivity index (χ2n) is 4.15. The minimum Gasteiger partial charge on any atom is -0.488 e. The topological polar surface area (TPSA) is 70.3 Å². The van der Waals surface area contributed by atoms with E-state index < -0.39 is 11.8 Å². The lowest BCUT2D eigenvalue weighted by atomic mass is 10.1. The summed E-state index contributed by atoms with van der Waals surface area (Å²) in [4.78, 5) is 10.9.